The topological polar surface area (TPSA) is 79.4 Å². The summed E-state index contributed by atoms with van der Waals surface area (Å²) in [5.74, 6) is 0.942. The van der Waals surface area contributed by atoms with Gasteiger partial charge in [0.1, 0.15) is 5.82 Å². The summed E-state index contributed by atoms with van der Waals surface area (Å²) < 4.78 is 5.12. The molecule has 0 spiro atoms. The van der Waals surface area contributed by atoms with Crippen LogP contribution in [-0.2, 0) is 4.74 Å². The third-order valence-corrected chi connectivity index (χ3v) is 4.27. The lowest BCUT2D eigenvalue weighted by Crippen LogP contribution is -2.37. The van der Waals surface area contributed by atoms with E-state index in [2.05, 4.69) is 20.6 Å². The third kappa shape index (κ3) is 5.34. The highest BCUT2D eigenvalue weighted by Crippen LogP contribution is 2.26. The fourth-order valence-corrected chi connectivity index (χ4v) is 2.78. The predicted molar refractivity (Wildman–Crippen MR) is 106 cm³/mol. The van der Waals surface area contributed by atoms with Crippen LogP contribution >= 0.6 is 11.8 Å². The molecule has 0 saturated carbocycles. The Labute approximate surface area is 158 Å². The van der Waals surface area contributed by atoms with Crippen LogP contribution in [0, 0.1) is 0 Å². The molecule has 1 unspecified atom stereocenters. The molecule has 1 atom stereocenters. The summed E-state index contributed by atoms with van der Waals surface area (Å²) >= 11 is 1.65. The number of anilines is 3. The predicted octanol–water partition coefficient (Wildman–Crippen LogP) is 3.51. The number of rotatable bonds is 8. The number of ether oxygens (including phenoxy) is 1. The molecule has 2 rings (SSSR count). The van der Waals surface area contributed by atoms with Gasteiger partial charge >= 0.3 is 6.03 Å². The minimum absolute atomic E-state index is 0.0500. The van der Waals surface area contributed by atoms with E-state index in [0.717, 1.165) is 10.6 Å². The highest BCUT2D eigenvalue weighted by molar-refractivity contribution is 7.98. The van der Waals surface area contributed by atoms with E-state index in [-0.39, 0.29) is 12.1 Å². The number of methoxy groups -OCH3 is 1. The van der Waals surface area contributed by atoms with Gasteiger partial charge < -0.3 is 15.4 Å². The molecule has 0 aliphatic rings. The van der Waals surface area contributed by atoms with E-state index >= 15 is 0 Å². The van der Waals surface area contributed by atoms with Crippen molar-refractivity contribution < 1.29 is 9.53 Å². The van der Waals surface area contributed by atoms with Crippen molar-refractivity contribution in [2.24, 2.45) is 0 Å². The van der Waals surface area contributed by atoms with Crippen LogP contribution in [0.15, 0.2) is 41.4 Å². The molecule has 0 radical (unpaired) electrons. The zero-order chi connectivity index (χ0) is 18.9. The van der Waals surface area contributed by atoms with Crippen LogP contribution in [0.1, 0.15) is 13.8 Å². The quantitative estimate of drug-likeness (QED) is 0.688. The second-order valence-corrected chi connectivity index (χ2v) is 6.49. The number of benzene rings is 1. The number of aromatic nitrogens is 2. The Balaban J connectivity index is 2.34. The second kappa shape index (κ2) is 9.98. The summed E-state index contributed by atoms with van der Waals surface area (Å²) in [5.41, 5.74) is 0.739. The van der Waals surface area contributed by atoms with Crippen LogP contribution in [0.2, 0.25) is 0 Å². The van der Waals surface area contributed by atoms with E-state index in [0.29, 0.717) is 24.9 Å². The normalized spacial score (nSPS) is 11.7. The standard InChI is InChI=1S/C18H25N5O2S/c1-5-19-18(24)23(14-6-8-15(26-4)9-7-14)16-10-11-20-17(22-16)21-13(2)12-25-3/h6-11,13H,5,12H2,1-4H3,(H,19,24)(H,20,21,22). The largest absolute Gasteiger partial charge is 0.383 e. The molecule has 140 valence electrons. The molecule has 1 aromatic carbocycles. The Kier molecular flexibility index (Phi) is 7.68. The third-order valence-electron chi connectivity index (χ3n) is 3.52. The first-order chi connectivity index (χ1) is 12.6. The molecule has 0 aliphatic carbocycles. The average Bonchev–Trinajstić information content (AvgIpc) is 2.63. The van der Waals surface area contributed by atoms with Crippen LogP contribution in [0.5, 0.6) is 0 Å². The second-order valence-electron chi connectivity index (χ2n) is 5.61. The monoisotopic (exact) mass is 375 g/mol. The number of urea groups is 1. The first-order valence-corrected chi connectivity index (χ1v) is 9.62. The Bertz CT molecular complexity index is 711. The van der Waals surface area contributed by atoms with Crippen LogP contribution in [-0.4, -0.2) is 48.6 Å². The van der Waals surface area contributed by atoms with Gasteiger partial charge in [-0.3, -0.25) is 0 Å². The molecule has 2 amide bonds. The van der Waals surface area contributed by atoms with Crippen molar-refractivity contribution in [2.75, 3.05) is 36.7 Å². The smallest absolute Gasteiger partial charge is 0.327 e. The van der Waals surface area contributed by atoms with E-state index in [1.54, 1.807) is 36.0 Å². The minimum Gasteiger partial charge on any atom is -0.383 e. The molecule has 0 fully saturated rings. The molecular formula is C18H25N5O2S. The average molecular weight is 375 g/mol. The summed E-state index contributed by atoms with van der Waals surface area (Å²) in [4.78, 5) is 24.0. The summed E-state index contributed by atoms with van der Waals surface area (Å²) in [6, 6.07) is 9.30. The SMILES string of the molecule is CCNC(=O)N(c1ccc(SC)cc1)c1ccnc(NC(C)COC)n1. The molecule has 2 N–H and O–H groups in total. The lowest BCUT2D eigenvalue weighted by atomic mass is 10.3. The Morgan fingerprint density at radius 3 is 2.65 bits per heavy atom. The van der Waals surface area contributed by atoms with E-state index in [9.17, 15) is 4.79 Å². The number of nitrogens with zero attached hydrogens (tertiary/aromatic N) is 3. The fourth-order valence-electron chi connectivity index (χ4n) is 2.37. The van der Waals surface area contributed by atoms with Crippen LogP contribution < -0.4 is 15.5 Å². The van der Waals surface area contributed by atoms with Crippen LogP contribution in [0.4, 0.5) is 22.2 Å². The minimum atomic E-state index is -0.237. The van der Waals surface area contributed by atoms with Gasteiger partial charge in [-0.25, -0.2) is 14.7 Å². The Morgan fingerprint density at radius 1 is 1.31 bits per heavy atom. The van der Waals surface area contributed by atoms with Crippen molar-refractivity contribution >= 4 is 35.2 Å². The molecule has 7 nitrogen and oxygen atoms in total. The maximum absolute atomic E-state index is 12.6. The number of amides is 2. The molecule has 1 aromatic heterocycles. The fraction of sp³-hybridized carbons (Fsp3) is 0.389. The molecule has 8 heteroatoms. The Morgan fingerprint density at radius 2 is 2.04 bits per heavy atom. The Hall–Kier alpha value is -2.32. The lowest BCUT2D eigenvalue weighted by molar-refractivity contribution is 0.190. The van der Waals surface area contributed by atoms with Gasteiger partial charge in [0.05, 0.1) is 12.3 Å². The summed E-state index contributed by atoms with van der Waals surface area (Å²) in [6.07, 6.45) is 3.65. The van der Waals surface area contributed by atoms with Gasteiger partial charge in [0.2, 0.25) is 5.95 Å². The number of hydrogen-bond acceptors (Lipinski definition) is 6. The highest BCUT2D eigenvalue weighted by atomic mass is 32.2. The van der Waals surface area contributed by atoms with Gasteiger partial charge in [-0.05, 0) is 44.4 Å². The maximum atomic E-state index is 12.6. The number of hydrogen-bond donors (Lipinski definition) is 2. The van der Waals surface area contributed by atoms with Crippen molar-refractivity contribution in [2.45, 2.75) is 24.8 Å². The maximum Gasteiger partial charge on any atom is 0.327 e. The van der Waals surface area contributed by atoms with Crippen molar-refractivity contribution in [3.63, 3.8) is 0 Å². The number of thioether (sulfide) groups is 1. The van der Waals surface area contributed by atoms with Crippen LogP contribution in [0.25, 0.3) is 0 Å². The van der Waals surface area contributed by atoms with Crippen molar-refractivity contribution in [1.82, 2.24) is 15.3 Å². The molecule has 26 heavy (non-hydrogen) atoms. The first-order valence-electron chi connectivity index (χ1n) is 8.39. The summed E-state index contributed by atoms with van der Waals surface area (Å²) in [5, 5.41) is 6.00. The van der Waals surface area contributed by atoms with Gasteiger partial charge in [-0.15, -0.1) is 11.8 Å². The van der Waals surface area contributed by atoms with Crippen molar-refractivity contribution in [1.29, 1.82) is 0 Å². The van der Waals surface area contributed by atoms with Gasteiger partial charge in [0.15, 0.2) is 0 Å². The molecule has 0 aliphatic heterocycles. The summed E-state index contributed by atoms with van der Waals surface area (Å²) in [7, 11) is 1.64. The summed E-state index contributed by atoms with van der Waals surface area (Å²) in [6.45, 7) is 4.91. The van der Waals surface area contributed by atoms with Gasteiger partial charge in [-0.2, -0.15) is 4.98 Å². The van der Waals surface area contributed by atoms with E-state index in [1.807, 2.05) is 44.4 Å². The van der Waals surface area contributed by atoms with Gasteiger partial charge in [0.25, 0.3) is 0 Å². The number of nitrogens with one attached hydrogen (secondary N) is 2. The zero-order valence-electron chi connectivity index (χ0n) is 15.5. The molecule has 1 heterocycles. The first kappa shape index (κ1) is 20.0. The van der Waals surface area contributed by atoms with E-state index in [1.165, 1.54) is 0 Å². The van der Waals surface area contributed by atoms with Crippen molar-refractivity contribution in [3.05, 3.63) is 36.5 Å². The molecule has 2 aromatic rings. The van der Waals surface area contributed by atoms with Crippen molar-refractivity contribution in [3.8, 4) is 0 Å². The van der Waals surface area contributed by atoms with E-state index < -0.39 is 0 Å². The molecule has 0 saturated heterocycles. The van der Waals surface area contributed by atoms with Crippen LogP contribution in [0.3, 0.4) is 0 Å². The van der Waals surface area contributed by atoms with E-state index in [4.69, 9.17) is 4.74 Å². The molecule has 0 bridgehead atoms. The van der Waals surface area contributed by atoms with Gasteiger partial charge in [-0.1, -0.05) is 0 Å². The molecular weight excluding hydrogens is 350 g/mol. The highest BCUT2D eigenvalue weighted by Gasteiger charge is 2.19. The number of carbonyl (C=O) groups is 1. The van der Waals surface area contributed by atoms with Gasteiger partial charge in [0, 0.05) is 36.9 Å². The lowest BCUT2D eigenvalue weighted by Gasteiger charge is -2.23. The number of carbonyl (C=O) groups excluding carboxylic acids is 1. The zero-order valence-corrected chi connectivity index (χ0v) is 16.3.